The maximum atomic E-state index is 9.62. The first-order valence-electron chi connectivity index (χ1n) is 18.3. The molecule has 0 amide bonds. The number of aromatic nitrogens is 3. The Morgan fingerprint density at radius 3 is 1.57 bits per heavy atom. The summed E-state index contributed by atoms with van der Waals surface area (Å²) in [7, 11) is 0. The number of fused-ring (bicyclic) bond motifs is 6. The van der Waals surface area contributed by atoms with Gasteiger partial charge in [-0.15, -0.1) is 0 Å². The zero-order valence-corrected chi connectivity index (χ0v) is 30.0. The molecule has 0 fully saturated rings. The van der Waals surface area contributed by atoms with Crippen LogP contribution in [0.1, 0.15) is 16.7 Å². The molecule has 0 N–H and O–H groups in total. The topological polar surface area (TPSA) is 46.5 Å². The molecule has 0 saturated carbocycles. The summed E-state index contributed by atoms with van der Waals surface area (Å²) in [6.45, 7) is 4.31. The van der Waals surface area contributed by atoms with Crippen molar-refractivity contribution in [2.45, 2.75) is 13.8 Å². The van der Waals surface area contributed by atoms with Crippen molar-refractivity contribution >= 4 is 43.6 Å². The van der Waals surface area contributed by atoms with Crippen LogP contribution in [0.5, 0.6) is 0 Å². The summed E-state index contributed by atoms with van der Waals surface area (Å²) in [6, 6.07) is 60.5. The number of aryl methyl sites for hydroxylation is 2. The molecule has 4 nitrogen and oxygen atoms in total. The zero-order valence-electron chi connectivity index (χ0n) is 30.0. The van der Waals surface area contributed by atoms with Crippen LogP contribution in [0.3, 0.4) is 0 Å². The van der Waals surface area contributed by atoms with Gasteiger partial charge in [0.2, 0.25) is 0 Å². The lowest BCUT2D eigenvalue weighted by Crippen LogP contribution is -1.96. The summed E-state index contributed by atoms with van der Waals surface area (Å²) in [5.74, 6) is 0. The molecule has 254 valence electrons. The highest BCUT2D eigenvalue weighted by molar-refractivity contribution is 6.10. The maximum absolute atomic E-state index is 9.62. The second-order valence-corrected chi connectivity index (χ2v) is 14.1. The van der Waals surface area contributed by atoms with Crippen LogP contribution < -0.4 is 0 Å². The van der Waals surface area contributed by atoms with E-state index in [1.54, 1.807) is 0 Å². The Hall–Kier alpha value is -7.22. The quantitative estimate of drug-likeness (QED) is 0.180. The highest BCUT2D eigenvalue weighted by Gasteiger charge is 2.16. The molecule has 10 aromatic rings. The minimum absolute atomic E-state index is 0.662. The molecule has 0 aliphatic heterocycles. The van der Waals surface area contributed by atoms with Crippen LogP contribution >= 0.6 is 0 Å². The Morgan fingerprint density at radius 1 is 0.444 bits per heavy atom. The van der Waals surface area contributed by atoms with Gasteiger partial charge in [-0.1, -0.05) is 91.0 Å². The smallest absolute Gasteiger partial charge is 0.0991 e. The molecule has 0 spiro atoms. The molecule has 3 aromatic heterocycles. The van der Waals surface area contributed by atoms with Crippen LogP contribution in [0, 0.1) is 25.2 Å². The van der Waals surface area contributed by atoms with E-state index >= 15 is 0 Å². The molecule has 3 heterocycles. The lowest BCUT2D eigenvalue weighted by molar-refractivity contribution is 1.18. The molecule has 0 radical (unpaired) electrons. The van der Waals surface area contributed by atoms with Crippen molar-refractivity contribution < 1.29 is 0 Å². The van der Waals surface area contributed by atoms with Gasteiger partial charge in [0.15, 0.2) is 0 Å². The number of nitrogens with zero attached hydrogens (tertiary/aromatic N) is 4. The van der Waals surface area contributed by atoms with Crippen LogP contribution in [0.2, 0.25) is 0 Å². The van der Waals surface area contributed by atoms with Gasteiger partial charge in [-0.2, -0.15) is 5.26 Å². The molecule has 7 aromatic carbocycles. The van der Waals surface area contributed by atoms with Gasteiger partial charge in [-0.05, 0) is 120 Å². The summed E-state index contributed by atoms with van der Waals surface area (Å²) in [4.78, 5) is 4.96. The molecule has 0 aliphatic carbocycles. The minimum Gasteiger partial charge on any atom is -0.309 e. The van der Waals surface area contributed by atoms with Crippen LogP contribution in [0.25, 0.3) is 88.5 Å². The van der Waals surface area contributed by atoms with Crippen LogP contribution in [0.15, 0.2) is 170 Å². The van der Waals surface area contributed by atoms with Gasteiger partial charge in [0, 0.05) is 44.7 Å². The third kappa shape index (κ3) is 5.02. The predicted molar refractivity (Wildman–Crippen MR) is 223 cm³/mol. The highest BCUT2D eigenvalue weighted by atomic mass is 15.0. The van der Waals surface area contributed by atoms with Gasteiger partial charge in [0.05, 0.1) is 39.4 Å². The Balaban J connectivity index is 1.06. The van der Waals surface area contributed by atoms with E-state index in [1.165, 1.54) is 32.9 Å². The van der Waals surface area contributed by atoms with Crippen molar-refractivity contribution in [2.75, 3.05) is 0 Å². The number of benzene rings is 7. The fraction of sp³-hybridized carbons (Fsp3) is 0.0400. The van der Waals surface area contributed by atoms with Crippen molar-refractivity contribution in [2.24, 2.45) is 0 Å². The van der Waals surface area contributed by atoms with Gasteiger partial charge in [-0.25, -0.2) is 0 Å². The number of rotatable bonds is 5. The first-order chi connectivity index (χ1) is 26.6. The van der Waals surface area contributed by atoms with Crippen molar-refractivity contribution in [1.82, 2.24) is 14.1 Å². The average Bonchev–Trinajstić information content (AvgIpc) is 3.74. The van der Waals surface area contributed by atoms with E-state index in [-0.39, 0.29) is 0 Å². The molecule has 0 saturated heterocycles. The second kappa shape index (κ2) is 12.5. The van der Waals surface area contributed by atoms with Crippen molar-refractivity contribution in [1.29, 1.82) is 5.26 Å². The van der Waals surface area contributed by atoms with Crippen LogP contribution in [0.4, 0.5) is 0 Å². The van der Waals surface area contributed by atoms with E-state index < -0.39 is 0 Å². The SMILES string of the molecule is Cc1ccc(-c2cc(-c3cccc(-n4c5ccccc5c5ccccc54)c3)c(C)cn2)cc1-c1cccc(-n2c3ccccc3c3cc(C#N)ccc32)c1. The van der Waals surface area contributed by atoms with Crippen LogP contribution in [-0.4, -0.2) is 14.1 Å². The fourth-order valence-electron chi connectivity index (χ4n) is 8.23. The molecule has 4 heteroatoms. The first kappa shape index (κ1) is 31.5. The van der Waals surface area contributed by atoms with E-state index in [0.717, 1.165) is 66.7 Å². The number of pyridine rings is 1. The first-order valence-corrected chi connectivity index (χ1v) is 18.3. The summed E-state index contributed by atoms with van der Waals surface area (Å²) in [5.41, 5.74) is 16.4. The lowest BCUT2D eigenvalue weighted by atomic mass is 9.94. The Bertz CT molecular complexity index is 3100. The van der Waals surface area contributed by atoms with Crippen LogP contribution in [-0.2, 0) is 0 Å². The monoisotopic (exact) mass is 690 g/mol. The largest absolute Gasteiger partial charge is 0.309 e. The standard InChI is InChI=1S/C50H34N4/c1-32-21-23-37(28-43(32)35-11-9-14-39(26-35)54-49-20-8-5-17-42(49)45-25-34(30-51)22-24-50(45)54)46-29-44(33(2)31-52-46)36-12-10-13-38(27-36)53-47-18-6-3-15-40(47)41-16-4-7-19-48(41)53/h3-29,31H,1-2H3. The third-order valence-electron chi connectivity index (χ3n) is 10.8. The van der Waals surface area contributed by atoms with E-state index in [4.69, 9.17) is 4.98 Å². The summed E-state index contributed by atoms with van der Waals surface area (Å²) < 4.78 is 4.67. The molecule has 0 atom stereocenters. The Labute approximate surface area is 313 Å². The summed E-state index contributed by atoms with van der Waals surface area (Å²) in [5, 5.41) is 14.3. The molecular formula is C50H34N4. The highest BCUT2D eigenvalue weighted by Crippen LogP contribution is 2.37. The Kier molecular flexibility index (Phi) is 7.28. The summed E-state index contributed by atoms with van der Waals surface area (Å²) >= 11 is 0. The maximum Gasteiger partial charge on any atom is 0.0991 e. The molecule has 0 unspecified atom stereocenters. The van der Waals surface area contributed by atoms with Gasteiger partial charge >= 0.3 is 0 Å². The molecule has 0 bridgehead atoms. The van der Waals surface area contributed by atoms with Crippen molar-refractivity contribution in [3.63, 3.8) is 0 Å². The molecular weight excluding hydrogens is 657 g/mol. The third-order valence-corrected chi connectivity index (χ3v) is 10.8. The number of para-hydroxylation sites is 3. The van der Waals surface area contributed by atoms with Gasteiger partial charge in [0.1, 0.15) is 0 Å². The van der Waals surface area contributed by atoms with E-state index in [0.29, 0.717) is 5.56 Å². The van der Waals surface area contributed by atoms with Gasteiger partial charge < -0.3 is 9.13 Å². The van der Waals surface area contributed by atoms with Gasteiger partial charge in [0.25, 0.3) is 0 Å². The van der Waals surface area contributed by atoms with E-state index in [2.05, 4.69) is 181 Å². The minimum atomic E-state index is 0.662. The van der Waals surface area contributed by atoms with Gasteiger partial charge in [-0.3, -0.25) is 4.98 Å². The fourth-order valence-corrected chi connectivity index (χ4v) is 8.23. The molecule has 10 rings (SSSR count). The van der Waals surface area contributed by atoms with E-state index in [9.17, 15) is 5.26 Å². The molecule has 54 heavy (non-hydrogen) atoms. The lowest BCUT2D eigenvalue weighted by Gasteiger charge is -2.14. The number of hydrogen-bond acceptors (Lipinski definition) is 2. The normalized spacial score (nSPS) is 11.5. The molecule has 0 aliphatic rings. The number of nitriles is 1. The average molecular weight is 691 g/mol. The zero-order chi connectivity index (χ0) is 36.3. The second-order valence-electron chi connectivity index (χ2n) is 14.1. The van der Waals surface area contributed by atoms with Crippen molar-refractivity contribution in [3.05, 3.63) is 187 Å². The van der Waals surface area contributed by atoms with Crippen molar-refractivity contribution in [3.8, 4) is 51.0 Å². The van der Waals surface area contributed by atoms with E-state index in [1.807, 2.05) is 18.3 Å². The number of hydrogen-bond donors (Lipinski definition) is 0. The Morgan fingerprint density at radius 2 is 0.981 bits per heavy atom. The summed E-state index contributed by atoms with van der Waals surface area (Å²) in [6.07, 6.45) is 2.00. The predicted octanol–water partition coefficient (Wildman–Crippen LogP) is 12.8.